The Labute approximate surface area is 107 Å². The van der Waals surface area contributed by atoms with Gasteiger partial charge in [-0.05, 0) is 6.92 Å². The zero-order valence-electron chi connectivity index (χ0n) is 10.5. The molecule has 0 saturated heterocycles. The van der Waals surface area contributed by atoms with Crippen molar-refractivity contribution in [3.63, 3.8) is 0 Å². The molecule has 0 amide bonds. The van der Waals surface area contributed by atoms with Crippen LogP contribution in [0.5, 0.6) is 0 Å². The lowest BCUT2D eigenvalue weighted by molar-refractivity contribution is -0.142. The summed E-state index contributed by atoms with van der Waals surface area (Å²) in [6, 6.07) is 0. The third kappa shape index (κ3) is 3.85. The van der Waals surface area contributed by atoms with E-state index >= 15 is 0 Å². The summed E-state index contributed by atoms with van der Waals surface area (Å²) in [6.45, 7) is 0.540. The van der Waals surface area contributed by atoms with Crippen LogP contribution in [0.2, 0.25) is 0 Å². The van der Waals surface area contributed by atoms with Gasteiger partial charge in [0.25, 0.3) is 0 Å². The number of anilines is 1. The monoisotopic (exact) mass is 281 g/mol. The Balaban J connectivity index is 3.14. The molecule has 108 valence electrons. The van der Waals surface area contributed by atoms with Crippen molar-refractivity contribution >= 4 is 11.8 Å². The van der Waals surface area contributed by atoms with Crippen LogP contribution in [-0.4, -0.2) is 35.6 Å². The summed E-state index contributed by atoms with van der Waals surface area (Å²) >= 11 is 0. The van der Waals surface area contributed by atoms with Crippen molar-refractivity contribution in [2.24, 2.45) is 0 Å². The first kappa shape index (κ1) is 15.3. The number of esters is 1. The molecular formula is C10H14F3N3O3. The summed E-state index contributed by atoms with van der Waals surface area (Å²) in [4.78, 5) is 11.4. The molecule has 0 aliphatic rings. The van der Waals surface area contributed by atoms with Crippen molar-refractivity contribution in [2.45, 2.75) is 26.3 Å². The number of rotatable bonds is 5. The standard InChI is InChI=1S/C10H14F3N3O3/c1-3-19-4-6-7(9(17)18-2)15-16(8(6)14)5-10(11,12)13/h3-5,14H2,1-2H3. The number of halogens is 3. The van der Waals surface area contributed by atoms with E-state index in [1.807, 2.05) is 0 Å². The average Bonchev–Trinajstić information content (AvgIpc) is 2.61. The van der Waals surface area contributed by atoms with Crippen LogP contribution in [0.15, 0.2) is 0 Å². The summed E-state index contributed by atoms with van der Waals surface area (Å²) in [6.07, 6.45) is -4.49. The minimum Gasteiger partial charge on any atom is -0.464 e. The van der Waals surface area contributed by atoms with E-state index in [2.05, 4.69) is 9.84 Å². The van der Waals surface area contributed by atoms with Gasteiger partial charge in [0.1, 0.15) is 12.4 Å². The second kappa shape index (κ2) is 5.91. The molecule has 0 unspecified atom stereocenters. The number of hydrogen-bond acceptors (Lipinski definition) is 5. The second-order valence-electron chi connectivity index (χ2n) is 3.61. The molecule has 1 heterocycles. The van der Waals surface area contributed by atoms with E-state index < -0.39 is 18.7 Å². The zero-order valence-corrected chi connectivity index (χ0v) is 10.5. The van der Waals surface area contributed by atoms with Crippen LogP contribution in [0.3, 0.4) is 0 Å². The lowest BCUT2D eigenvalue weighted by atomic mass is 10.2. The Bertz CT molecular complexity index is 457. The van der Waals surface area contributed by atoms with Gasteiger partial charge in [0, 0.05) is 6.61 Å². The number of nitrogen functional groups attached to an aromatic ring is 1. The number of nitrogens with two attached hydrogens (primary N) is 1. The van der Waals surface area contributed by atoms with Gasteiger partial charge in [0.15, 0.2) is 5.69 Å². The molecule has 2 N–H and O–H groups in total. The lowest BCUT2D eigenvalue weighted by Crippen LogP contribution is -2.20. The molecule has 0 fully saturated rings. The van der Waals surface area contributed by atoms with Gasteiger partial charge in [-0.1, -0.05) is 0 Å². The molecule has 0 aliphatic carbocycles. The highest BCUT2D eigenvalue weighted by molar-refractivity contribution is 5.90. The minimum absolute atomic E-state index is 0.0953. The van der Waals surface area contributed by atoms with Crippen molar-refractivity contribution in [1.29, 1.82) is 0 Å². The summed E-state index contributed by atoms with van der Waals surface area (Å²) in [5.74, 6) is -1.12. The Hall–Kier alpha value is -1.77. The first-order valence-electron chi connectivity index (χ1n) is 5.38. The molecule has 0 atom stereocenters. The molecule has 6 nitrogen and oxygen atoms in total. The maximum atomic E-state index is 12.3. The van der Waals surface area contributed by atoms with E-state index in [0.29, 0.717) is 11.3 Å². The van der Waals surface area contributed by atoms with E-state index in [4.69, 9.17) is 10.5 Å². The summed E-state index contributed by atoms with van der Waals surface area (Å²) < 4.78 is 47.0. The molecule has 0 aromatic carbocycles. The van der Waals surface area contributed by atoms with E-state index in [1.165, 1.54) is 0 Å². The van der Waals surface area contributed by atoms with Gasteiger partial charge in [-0.2, -0.15) is 18.3 Å². The number of nitrogens with zero attached hydrogens (tertiary/aromatic N) is 2. The normalized spacial score (nSPS) is 11.6. The maximum Gasteiger partial charge on any atom is 0.408 e. The number of carbonyl (C=O) groups excluding carboxylic acids is 1. The van der Waals surface area contributed by atoms with Crippen molar-refractivity contribution in [1.82, 2.24) is 9.78 Å². The van der Waals surface area contributed by atoms with Crippen LogP contribution in [0.4, 0.5) is 19.0 Å². The van der Waals surface area contributed by atoms with Crippen LogP contribution in [0.1, 0.15) is 23.0 Å². The number of carbonyl (C=O) groups is 1. The van der Waals surface area contributed by atoms with Gasteiger partial charge in [-0.3, -0.25) is 0 Å². The molecule has 9 heteroatoms. The first-order valence-corrected chi connectivity index (χ1v) is 5.38. The maximum absolute atomic E-state index is 12.3. The largest absolute Gasteiger partial charge is 0.464 e. The third-order valence-electron chi connectivity index (χ3n) is 2.25. The molecule has 1 aromatic heterocycles. The molecule has 1 rings (SSSR count). The number of aromatic nitrogens is 2. The summed E-state index contributed by atoms with van der Waals surface area (Å²) in [5.41, 5.74) is 5.39. The number of hydrogen-bond donors (Lipinski definition) is 1. The van der Waals surface area contributed by atoms with Crippen LogP contribution in [-0.2, 0) is 22.6 Å². The highest BCUT2D eigenvalue weighted by Crippen LogP contribution is 2.24. The first-order chi connectivity index (χ1) is 8.80. The topological polar surface area (TPSA) is 79.4 Å². The smallest absolute Gasteiger partial charge is 0.408 e. The zero-order chi connectivity index (χ0) is 14.6. The molecule has 19 heavy (non-hydrogen) atoms. The van der Waals surface area contributed by atoms with Gasteiger partial charge >= 0.3 is 12.1 Å². The SMILES string of the molecule is CCOCc1c(C(=O)OC)nn(CC(F)(F)F)c1N. The predicted molar refractivity (Wildman–Crippen MR) is 59.4 cm³/mol. The fraction of sp³-hybridized carbons (Fsp3) is 0.600. The van der Waals surface area contributed by atoms with Crippen molar-refractivity contribution < 1.29 is 27.4 Å². The predicted octanol–water partition coefficient (Wildman–Crippen LogP) is 1.35. The molecule has 1 aromatic rings. The third-order valence-corrected chi connectivity index (χ3v) is 2.25. The van der Waals surface area contributed by atoms with Gasteiger partial charge in [-0.15, -0.1) is 0 Å². The van der Waals surface area contributed by atoms with E-state index in [9.17, 15) is 18.0 Å². The Morgan fingerprint density at radius 1 is 1.47 bits per heavy atom. The second-order valence-corrected chi connectivity index (χ2v) is 3.61. The lowest BCUT2D eigenvalue weighted by Gasteiger charge is -2.08. The molecule has 0 spiro atoms. The summed E-state index contributed by atoms with van der Waals surface area (Å²) in [5, 5.41) is 3.54. The van der Waals surface area contributed by atoms with E-state index in [0.717, 1.165) is 7.11 Å². The van der Waals surface area contributed by atoms with Crippen LogP contribution in [0.25, 0.3) is 0 Å². The average molecular weight is 281 g/mol. The van der Waals surface area contributed by atoms with E-state index in [1.54, 1.807) is 6.92 Å². The van der Waals surface area contributed by atoms with Crippen molar-refractivity contribution in [3.05, 3.63) is 11.3 Å². The molecule has 0 radical (unpaired) electrons. The molecule has 0 bridgehead atoms. The number of alkyl halides is 3. The number of methoxy groups -OCH3 is 1. The number of ether oxygens (including phenoxy) is 2. The highest BCUT2D eigenvalue weighted by atomic mass is 19.4. The van der Waals surface area contributed by atoms with Crippen LogP contribution in [0, 0.1) is 0 Å². The molecule has 0 aliphatic heterocycles. The molecule has 0 saturated carbocycles. The van der Waals surface area contributed by atoms with Gasteiger partial charge in [0.05, 0.1) is 19.3 Å². The fourth-order valence-corrected chi connectivity index (χ4v) is 1.41. The fourth-order valence-electron chi connectivity index (χ4n) is 1.41. The van der Waals surface area contributed by atoms with Gasteiger partial charge in [0.2, 0.25) is 0 Å². The van der Waals surface area contributed by atoms with Crippen LogP contribution >= 0.6 is 0 Å². The Kier molecular flexibility index (Phi) is 4.76. The van der Waals surface area contributed by atoms with Crippen molar-refractivity contribution in [3.8, 4) is 0 Å². The van der Waals surface area contributed by atoms with Gasteiger partial charge < -0.3 is 15.2 Å². The Morgan fingerprint density at radius 2 is 2.11 bits per heavy atom. The molecular weight excluding hydrogens is 267 g/mol. The minimum atomic E-state index is -4.49. The Morgan fingerprint density at radius 3 is 2.58 bits per heavy atom. The summed E-state index contributed by atoms with van der Waals surface area (Å²) in [7, 11) is 1.10. The van der Waals surface area contributed by atoms with E-state index in [-0.39, 0.29) is 23.7 Å². The van der Waals surface area contributed by atoms with Crippen LogP contribution < -0.4 is 5.73 Å². The highest BCUT2D eigenvalue weighted by Gasteiger charge is 2.32. The van der Waals surface area contributed by atoms with Gasteiger partial charge in [-0.25, -0.2) is 9.48 Å². The van der Waals surface area contributed by atoms with Crippen molar-refractivity contribution in [2.75, 3.05) is 19.5 Å². The quantitative estimate of drug-likeness (QED) is 0.824.